The third kappa shape index (κ3) is 6.55. The first-order valence-electron chi connectivity index (χ1n) is 16.1. The fourth-order valence-electron chi connectivity index (χ4n) is 6.23. The van der Waals surface area contributed by atoms with Crippen LogP contribution < -0.4 is 10.6 Å². The number of carbonyl (C=O) groups is 1. The van der Waals surface area contributed by atoms with Gasteiger partial charge in [-0.2, -0.15) is 4.98 Å². The van der Waals surface area contributed by atoms with Crippen molar-refractivity contribution in [2.75, 3.05) is 24.5 Å². The predicted octanol–water partition coefficient (Wildman–Crippen LogP) is 2.03. The van der Waals surface area contributed by atoms with Crippen LogP contribution in [0.4, 0.5) is 10.2 Å². The van der Waals surface area contributed by atoms with Crippen molar-refractivity contribution in [3.8, 4) is 16.9 Å². The number of halogens is 2. The number of nitrogens with zero attached hydrogens (tertiary/aromatic N) is 6. The van der Waals surface area contributed by atoms with Crippen molar-refractivity contribution in [2.45, 2.75) is 46.1 Å². The molecule has 3 aromatic heterocycles. The van der Waals surface area contributed by atoms with Crippen molar-refractivity contribution in [3.05, 3.63) is 91.5 Å². The Kier molecular flexibility index (Phi) is 10.2. The second-order valence-corrected chi connectivity index (χ2v) is 13.1. The van der Waals surface area contributed by atoms with Gasteiger partial charge in [-0.05, 0) is 54.1 Å². The maximum atomic E-state index is 15.7. The van der Waals surface area contributed by atoms with Crippen LogP contribution in [0.5, 0.6) is 0 Å². The lowest BCUT2D eigenvalue weighted by atomic mass is 9.77. The lowest BCUT2D eigenvalue weighted by Crippen LogP contribution is -2.54. The summed E-state index contributed by atoms with van der Waals surface area (Å²) in [4.78, 5) is 45.6. The first-order chi connectivity index (χ1) is 22.4. The molecule has 1 atom stereocenters. The SMILES string of the molecule is B/C=C(\B)C(=O)N1CCN(c2nc(=O)n(-c3c(CC)ccnc3C(C)C)c3nc(-c4c(F)cccc4C=C(B)B)c(Cl)cc23)[C@@H](C)C1. The fraction of sp³-hybridized carbons (Fsp3) is 0.303. The second-order valence-electron chi connectivity index (χ2n) is 12.6. The van der Waals surface area contributed by atoms with Gasteiger partial charge >= 0.3 is 5.69 Å². The van der Waals surface area contributed by atoms with Gasteiger partial charge in [0.05, 0.1) is 27.5 Å². The molecule has 0 radical (unpaired) electrons. The Morgan fingerprint density at radius 1 is 1.17 bits per heavy atom. The molecule has 0 bridgehead atoms. The maximum absolute atomic E-state index is 15.7. The Morgan fingerprint density at radius 3 is 2.55 bits per heavy atom. The molecule has 1 aliphatic heterocycles. The molecule has 0 unspecified atom stereocenters. The summed E-state index contributed by atoms with van der Waals surface area (Å²) in [6.07, 6.45) is 4.28. The number of anilines is 1. The van der Waals surface area contributed by atoms with Gasteiger partial charge in [0.25, 0.3) is 0 Å². The number of benzene rings is 1. The monoisotopic (exact) mass is 648 g/mol. The topological polar surface area (TPSA) is 84.2 Å². The van der Waals surface area contributed by atoms with Crippen LogP contribution in [0.1, 0.15) is 50.4 Å². The summed E-state index contributed by atoms with van der Waals surface area (Å²) in [5, 5.41) is 1.77. The first kappa shape index (κ1) is 34.2. The molecule has 1 fully saturated rings. The van der Waals surface area contributed by atoms with Crippen LogP contribution in [0.15, 0.2) is 58.1 Å². The van der Waals surface area contributed by atoms with Gasteiger partial charge < -0.3 is 9.80 Å². The summed E-state index contributed by atoms with van der Waals surface area (Å²) in [5.74, 6) is 1.75. The number of carbonyl (C=O) groups excluding carboxylic acids is 1. The van der Waals surface area contributed by atoms with Gasteiger partial charge in [0.2, 0.25) is 5.91 Å². The minimum Gasteiger partial charge on any atom is -0.350 e. The fourth-order valence-corrected chi connectivity index (χ4v) is 6.48. The Morgan fingerprint density at radius 2 is 1.91 bits per heavy atom. The van der Waals surface area contributed by atoms with E-state index < -0.39 is 11.5 Å². The van der Waals surface area contributed by atoms with E-state index >= 15 is 4.39 Å². The summed E-state index contributed by atoms with van der Waals surface area (Å²) in [6.45, 7) is 9.45. The molecule has 1 aromatic carbocycles. The smallest absolute Gasteiger partial charge is 0.350 e. The minimum absolute atomic E-state index is 0.00741. The lowest BCUT2D eigenvalue weighted by molar-refractivity contribution is -0.127. The highest BCUT2D eigenvalue weighted by Gasteiger charge is 2.31. The second kappa shape index (κ2) is 13.9. The largest absolute Gasteiger partial charge is 0.355 e. The zero-order valence-corrected chi connectivity index (χ0v) is 29.1. The zero-order valence-electron chi connectivity index (χ0n) is 28.4. The average Bonchev–Trinajstić information content (AvgIpc) is 3.03. The van der Waals surface area contributed by atoms with E-state index in [1.807, 2.05) is 93.1 Å². The number of pyridine rings is 2. The van der Waals surface area contributed by atoms with Gasteiger partial charge in [-0.3, -0.25) is 9.78 Å². The van der Waals surface area contributed by atoms with Crippen LogP contribution in [0.3, 0.4) is 0 Å². The van der Waals surface area contributed by atoms with E-state index in [9.17, 15) is 9.59 Å². The number of rotatable bonds is 7. The summed E-state index contributed by atoms with van der Waals surface area (Å²) in [5.41, 5.74) is 3.86. The molecule has 0 aliphatic carbocycles. The van der Waals surface area contributed by atoms with Gasteiger partial charge in [0.1, 0.15) is 43.0 Å². The molecule has 4 heterocycles. The van der Waals surface area contributed by atoms with Crippen molar-refractivity contribution in [1.29, 1.82) is 0 Å². The molecule has 1 saturated heterocycles. The van der Waals surface area contributed by atoms with E-state index in [4.69, 9.17) is 16.6 Å². The van der Waals surface area contributed by atoms with Gasteiger partial charge in [-0.15, -0.1) is 11.3 Å². The number of piperazine rings is 1. The van der Waals surface area contributed by atoms with Gasteiger partial charge in [0, 0.05) is 37.4 Å². The normalized spacial score (nSPS) is 15.4. The van der Waals surface area contributed by atoms with Crippen molar-refractivity contribution < 1.29 is 9.18 Å². The van der Waals surface area contributed by atoms with E-state index in [0.717, 1.165) is 16.6 Å². The molecule has 4 aromatic rings. The molecule has 0 saturated carbocycles. The van der Waals surface area contributed by atoms with E-state index in [0.29, 0.717) is 59.6 Å². The third-order valence-corrected chi connectivity index (χ3v) is 8.96. The summed E-state index contributed by atoms with van der Waals surface area (Å²) >= 11 is 7.00. The molecule has 0 spiro atoms. The molecular formula is C33H38B4ClFN6O2. The summed E-state index contributed by atoms with van der Waals surface area (Å²) < 4.78 is 17.2. The standard InChI is InChI=1S/C33H38B4ClFN6O2/c1-5-19-9-10-40-27(17(2)3)29(19)45-31-21(14-23(38)28(41-31)26-20(13-25(36)37)7-6-8-24(26)39)30(42-33(45)47)44-12-11-43(16-18(44)4)32(46)22(35)15-34/h6-10,13-15,17-18H,5,11-12,16,34-37H2,1-4H3/b22-15-/t18-/m0/s1. The Labute approximate surface area is 283 Å². The number of amides is 1. The summed E-state index contributed by atoms with van der Waals surface area (Å²) in [6, 6.07) is 8.34. The highest BCUT2D eigenvalue weighted by atomic mass is 35.5. The van der Waals surface area contributed by atoms with Crippen molar-refractivity contribution in [3.63, 3.8) is 0 Å². The predicted molar refractivity (Wildman–Crippen MR) is 200 cm³/mol. The number of hydrogen-bond acceptors (Lipinski definition) is 6. The average molecular weight is 648 g/mol. The first-order valence-corrected chi connectivity index (χ1v) is 16.5. The maximum Gasteiger partial charge on any atom is 0.355 e. The van der Waals surface area contributed by atoms with E-state index in [1.165, 1.54) is 10.6 Å². The number of fused-ring (bicyclic) bond motifs is 1. The van der Waals surface area contributed by atoms with Gasteiger partial charge in [-0.1, -0.05) is 50.6 Å². The van der Waals surface area contributed by atoms with Crippen LogP contribution in [-0.4, -0.2) is 87.4 Å². The molecule has 238 valence electrons. The van der Waals surface area contributed by atoms with E-state index in [-0.39, 0.29) is 34.1 Å². The number of aryl methyl sites for hydroxylation is 1. The zero-order chi connectivity index (χ0) is 34.2. The number of aromatic nitrogens is 4. The molecule has 1 amide bonds. The molecule has 5 rings (SSSR count). The highest BCUT2D eigenvalue weighted by molar-refractivity contribution is 6.50. The van der Waals surface area contributed by atoms with Crippen LogP contribution >= 0.6 is 11.6 Å². The Bertz CT molecular complexity index is 2000. The molecular weight excluding hydrogens is 610 g/mol. The van der Waals surface area contributed by atoms with E-state index in [2.05, 4.69) is 9.97 Å². The number of hydrogen-bond donors (Lipinski definition) is 0. The molecule has 14 heteroatoms. The van der Waals surface area contributed by atoms with E-state index in [1.54, 1.807) is 18.3 Å². The molecule has 8 nitrogen and oxygen atoms in total. The molecule has 47 heavy (non-hydrogen) atoms. The van der Waals surface area contributed by atoms with Crippen LogP contribution in [0, 0.1) is 5.82 Å². The lowest BCUT2D eigenvalue weighted by Gasteiger charge is -2.41. The Balaban J connectivity index is 1.83. The highest BCUT2D eigenvalue weighted by Crippen LogP contribution is 2.38. The van der Waals surface area contributed by atoms with Crippen molar-refractivity contribution in [2.24, 2.45) is 0 Å². The molecule has 1 aliphatic rings. The Hall–Kier alpha value is -4.11. The third-order valence-electron chi connectivity index (χ3n) is 8.67. The van der Waals surface area contributed by atoms with Crippen molar-refractivity contribution in [1.82, 2.24) is 24.4 Å². The van der Waals surface area contributed by atoms with Gasteiger partial charge in [0.15, 0.2) is 5.65 Å². The van der Waals surface area contributed by atoms with Crippen LogP contribution in [0.2, 0.25) is 5.02 Å². The summed E-state index contributed by atoms with van der Waals surface area (Å²) in [7, 11) is 7.54. The minimum atomic E-state index is -0.522. The van der Waals surface area contributed by atoms with Crippen molar-refractivity contribution >= 4 is 71.8 Å². The van der Waals surface area contributed by atoms with Crippen LogP contribution in [-0.2, 0) is 11.2 Å². The van der Waals surface area contributed by atoms with Crippen LogP contribution in [0.25, 0.3) is 34.1 Å². The molecule has 0 N–H and O–H groups in total. The quantitative estimate of drug-likeness (QED) is 0.226. The van der Waals surface area contributed by atoms with Gasteiger partial charge in [-0.25, -0.2) is 18.7 Å².